The summed E-state index contributed by atoms with van der Waals surface area (Å²) >= 11 is 0. The number of hydrogen-bond donors (Lipinski definition) is 1. The lowest BCUT2D eigenvalue weighted by Crippen LogP contribution is -2.10. The zero-order chi connectivity index (χ0) is 17.2. The molecule has 1 aliphatic rings. The number of benzene rings is 1. The van der Waals surface area contributed by atoms with E-state index in [0.29, 0.717) is 10.8 Å². The molecule has 3 rings (SSSR count). The summed E-state index contributed by atoms with van der Waals surface area (Å²) in [4.78, 5) is 0.337. The Bertz CT molecular complexity index is 814. The minimum absolute atomic E-state index is 0.337. The van der Waals surface area contributed by atoms with E-state index in [2.05, 4.69) is 16.8 Å². The average Bonchev–Trinajstić information content (AvgIpc) is 2.98. The summed E-state index contributed by atoms with van der Waals surface area (Å²) in [6.07, 6.45) is 10.5. The highest BCUT2D eigenvalue weighted by Crippen LogP contribution is 2.32. The van der Waals surface area contributed by atoms with Crippen LogP contribution in [0.5, 0.6) is 0 Å². The molecule has 128 valence electrons. The molecular formula is C19H24N2O2S. The van der Waals surface area contributed by atoms with Crippen LogP contribution in [0.2, 0.25) is 0 Å². The van der Waals surface area contributed by atoms with Crippen LogP contribution in [-0.2, 0) is 16.3 Å². The van der Waals surface area contributed by atoms with E-state index in [0.717, 1.165) is 23.4 Å². The number of hydrogen-bond acceptors (Lipinski definition) is 3. The summed E-state index contributed by atoms with van der Waals surface area (Å²) in [6.45, 7) is 3.88. The lowest BCUT2D eigenvalue weighted by atomic mass is 9.84. The third-order valence-electron chi connectivity index (χ3n) is 4.88. The Balaban J connectivity index is 1.92. The Morgan fingerprint density at radius 1 is 1.21 bits per heavy atom. The third-order valence-corrected chi connectivity index (χ3v) is 6.01. The van der Waals surface area contributed by atoms with Gasteiger partial charge in [-0.2, -0.15) is 5.10 Å². The largest absolute Gasteiger partial charge is 0.277 e. The summed E-state index contributed by atoms with van der Waals surface area (Å²) in [5, 5.41) is 7.51. The van der Waals surface area contributed by atoms with Gasteiger partial charge in [0.05, 0.1) is 16.3 Å². The van der Waals surface area contributed by atoms with Gasteiger partial charge in [0.15, 0.2) is 9.84 Å². The maximum Gasteiger partial charge on any atom is 0.175 e. The number of nitrogens with one attached hydrogen (secondary N) is 1. The Morgan fingerprint density at radius 2 is 1.88 bits per heavy atom. The van der Waals surface area contributed by atoms with Crippen molar-refractivity contribution in [3.05, 3.63) is 42.1 Å². The summed E-state index contributed by atoms with van der Waals surface area (Å²) < 4.78 is 23.3. The molecule has 0 unspecified atom stereocenters. The van der Waals surface area contributed by atoms with E-state index in [1.54, 1.807) is 18.2 Å². The van der Waals surface area contributed by atoms with E-state index in [1.165, 1.54) is 43.9 Å². The summed E-state index contributed by atoms with van der Waals surface area (Å²) in [6, 6.07) is 7.01. The third kappa shape index (κ3) is 3.61. The van der Waals surface area contributed by atoms with Crippen LogP contribution in [-0.4, -0.2) is 24.9 Å². The van der Waals surface area contributed by atoms with Crippen molar-refractivity contribution >= 4 is 15.9 Å². The first kappa shape index (κ1) is 17.0. The molecule has 1 heterocycles. The molecule has 1 aromatic heterocycles. The number of aromatic amines is 1. The van der Waals surface area contributed by atoms with E-state index in [-0.39, 0.29) is 0 Å². The smallest absolute Gasteiger partial charge is 0.175 e. The zero-order valence-corrected chi connectivity index (χ0v) is 14.9. The summed E-state index contributed by atoms with van der Waals surface area (Å²) in [5.41, 5.74) is 4.05. The van der Waals surface area contributed by atoms with Gasteiger partial charge in [-0.3, -0.25) is 5.10 Å². The standard InChI is InChI=1S/C19H24N2O2S/c1-3-18-17(13-14-7-5-4-6-8-14)19(21-20-18)15-9-11-16(12-10-15)24(2,22)23/h3,9-12,14H,1,4-8,13H2,2H3,(H,20,21). The summed E-state index contributed by atoms with van der Waals surface area (Å²) in [7, 11) is -3.18. The van der Waals surface area contributed by atoms with Crippen LogP contribution >= 0.6 is 0 Å². The fraction of sp³-hybridized carbons (Fsp3) is 0.421. The Labute approximate surface area is 143 Å². The fourth-order valence-corrected chi connectivity index (χ4v) is 4.17. The first-order chi connectivity index (χ1) is 11.5. The molecule has 0 bridgehead atoms. The van der Waals surface area contributed by atoms with Gasteiger partial charge in [-0.15, -0.1) is 0 Å². The van der Waals surface area contributed by atoms with Gasteiger partial charge in [0.2, 0.25) is 0 Å². The highest BCUT2D eigenvalue weighted by Gasteiger charge is 2.20. The van der Waals surface area contributed by atoms with Crippen LogP contribution in [0.15, 0.2) is 35.7 Å². The number of rotatable bonds is 5. The van der Waals surface area contributed by atoms with Crippen LogP contribution in [0.3, 0.4) is 0 Å². The van der Waals surface area contributed by atoms with Crippen molar-refractivity contribution in [3.8, 4) is 11.3 Å². The molecule has 4 nitrogen and oxygen atoms in total. The molecule has 1 fully saturated rings. The van der Waals surface area contributed by atoms with Crippen molar-refractivity contribution in [1.29, 1.82) is 0 Å². The molecule has 0 saturated heterocycles. The monoisotopic (exact) mass is 344 g/mol. The summed E-state index contributed by atoms with van der Waals surface area (Å²) in [5.74, 6) is 0.698. The maximum atomic E-state index is 11.6. The molecule has 0 radical (unpaired) electrons. The van der Waals surface area contributed by atoms with Gasteiger partial charge in [0, 0.05) is 11.8 Å². The predicted molar refractivity (Wildman–Crippen MR) is 97.5 cm³/mol. The zero-order valence-electron chi connectivity index (χ0n) is 14.1. The number of nitrogens with zero attached hydrogens (tertiary/aromatic N) is 1. The molecule has 1 saturated carbocycles. The molecule has 0 atom stereocenters. The topological polar surface area (TPSA) is 62.8 Å². The van der Waals surface area contributed by atoms with Crippen LogP contribution in [0.25, 0.3) is 17.3 Å². The van der Waals surface area contributed by atoms with Crippen molar-refractivity contribution in [2.24, 2.45) is 5.92 Å². The first-order valence-corrected chi connectivity index (χ1v) is 10.4. The second-order valence-electron chi connectivity index (χ2n) is 6.67. The van der Waals surface area contributed by atoms with Gasteiger partial charge >= 0.3 is 0 Å². The van der Waals surface area contributed by atoms with Crippen molar-refractivity contribution in [2.75, 3.05) is 6.26 Å². The average molecular weight is 344 g/mol. The molecule has 0 amide bonds. The molecular weight excluding hydrogens is 320 g/mol. The van der Waals surface area contributed by atoms with Gasteiger partial charge in [-0.25, -0.2) is 8.42 Å². The Morgan fingerprint density at radius 3 is 2.46 bits per heavy atom. The van der Waals surface area contributed by atoms with Gasteiger partial charge in [0.1, 0.15) is 0 Å². The van der Waals surface area contributed by atoms with E-state index < -0.39 is 9.84 Å². The number of sulfone groups is 1. The van der Waals surface area contributed by atoms with Crippen molar-refractivity contribution in [3.63, 3.8) is 0 Å². The van der Waals surface area contributed by atoms with E-state index in [9.17, 15) is 8.42 Å². The van der Waals surface area contributed by atoms with Crippen LogP contribution in [0.4, 0.5) is 0 Å². The molecule has 1 N–H and O–H groups in total. The van der Waals surface area contributed by atoms with Crippen molar-refractivity contribution in [1.82, 2.24) is 10.2 Å². The van der Waals surface area contributed by atoms with Gasteiger partial charge in [0.25, 0.3) is 0 Å². The predicted octanol–water partition coefficient (Wildman–Crippen LogP) is 4.25. The Kier molecular flexibility index (Phi) is 4.90. The van der Waals surface area contributed by atoms with Gasteiger partial charge < -0.3 is 0 Å². The quantitative estimate of drug-likeness (QED) is 0.882. The highest BCUT2D eigenvalue weighted by atomic mass is 32.2. The normalized spacial score (nSPS) is 16.2. The van der Waals surface area contributed by atoms with Crippen molar-refractivity contribution < 1.29 is 8.42 Å². The number of H-pyrrole nitrogens is 1. The second kappa shape index (κ2) is 6.93. The van der Waals surface area contributed by atoms with E-state index in [1.807, 2.05) is 12.1 Å². The molecule has 5 heteroatoms. The first-order valence-electron chi connectivity index (χ1n) is 8.49. The van der Waals surface area contributed by atoms with Crippen LogP contribution < -0.4 is 0 Å². The molecule has 1 aliphatic carbocycles. The second-order valence-corrected chi connectivity index (χ2v) is 8.69. The maximum absolute atomic E-state index is 11.6. The number of aromatic nitrogens is 2. The Hall–Kier alpha value is -1.88. The SMILES string of the molecule is C=Cc1n[nH]c(-c2ccc(S(C)(=O)=O)cc2)c1CC1CCCCC1. The van der Waals surface area contributed by atoms with Crippen LogP contribution in [0.1, 0.15) is 43.4 Å². The van der Waals surface area contributed by atoms with Crippen molar-refractivity contribution in [2.45, 2.75) is 43.4 Å². The molecule has 2 aromatic rings. The van der Waals surface area contributed by atoms with Gasteiger partial charge in [-0.05, 0) is 36.1 Å². The molecule has 1 aromatic carbocycles. The highest BCUT2D eigenvalue weighted by molar-refractivity contribution is 7.90. The lowest BCUT2D eigenvalue weighted by molar-refractivity contribution is 0.357. The minimum Gasteiger partial charge on any atom is -0.277 e. The lowest BCUT2D eigenvalue weighted by Gasteiger charge is -2.21. The minimum atomic E-state index is -3.18. The van der Waals surface area contributed by atoms with Crippen LogP contribution in [0, 0.1) is 5.92 Å². The molecule has 0 spiro atoms. The molecule has 0 aliphatic heterocycles. The van der Waals surface area contributed by atoms with E-state index in [4.69, 9.17) is 0 Å². The van der Waals surface area contributed by atoms with Gasteiger partial charge in [-0.1, -0.05) is 50.8 Å². The van der Waals surface area contributed by atoms with E-state index >= 15 is 0 Å². The molecule has 24 heavy (non-hydrogen) atoms. The fourth-order valence-electron chi connectivity index (χ4n) is 3.54.